The zero-order valence-corrected chi connectivity index (χ0v) is 12.6. The van der Waals surface area contributed by atoms with E-state index >= 15 is 0 Å². The first-order valence-corrected chi connectivity index (χ1v) is 7.14. The van der Waals surface area contributed by atoms with Gasteiger partial charge in [-0.1, -0.05) is 35.9 Å². The molecule has 22 heavy (non-hydrogen) atoms. The molecule has 0 unspecified atom stereocenters. The molecule has 3 aromatic rings. The summed E-state index contributed by atoms with van der Waals surface area (Å²) in [4.78, 5) is 0. The third-order valence-electron chi connectivity index (χ3n) is 3.74. The molecule has 4 heteroatoms. The summed E-state index contributed by atoms with van der Waals surface area (Å²) in [5.41, 5.74) is 5.41. The average Bonchev–Trinajstić information content (AvgIpc) is 2.53. The highest BCUT2D eigenvalue weighted by Gasteiger charge is 2.11. The Labute approximate surface area is 129 Å². The Hall–Kier alpha value is -2.93. The third-order valence-corrected chi connectivity index (χ3v) is 3.74. The van der Waals surface area contributed by atoms with Crippen molar-refractivity contribution < 1.29 is 0 Å². The van der Waals surface area contributed by atoms with E-state index in [0.717, 1.165) is 22.2 Å². The van der Waals surface area contributed by atoms with Crippen LogP contribution in [0.15, 0.2) is 42.5 Å². The van der Waals surface area contributed by atoms with Gasteiger partial charge in [0, 0.05) is 11.9 Å². The Morgan fingerprint density at radius 1 is 1.09 bits per heavy atom. The van der Waals surface area contributed by atoms with Gasteiger partial charge in [0.1, 0.15) is 6.07 Å². The minimum Gasteiger partial charge on any atom is -0.378 e. The third kappa shape index (κ3) is 2.61. The van der Waals surface area contributed by atoms with Crippen molar-refractivity contribution in [3.05, 3.63) is 64.8 Å². The molecule has 1 heterocycles. The van der Waals surface area contributed by atoms with E-state index in [1.165, 1.54) is 11.1 Å². The lowest BCUT2D eigenvalue weighted by molar-refractivity contribution is 1.03. The quantitative estimate of drug-likeness (QED) is 0.797. The highest BCUT2D eigenvalue weighted by Crippen LogP contribution is 2.25. The number of aryl methyl sites for hydroxylation is 2. The molecule has 0 fully saturated rings. The summed E-state index contributed by atoms with van der Waals surface area (Å²) in [6.07, 6.45) is 0. The number of hydrogen-bond acceptors (Lipinski definition) is 4. The van der Waals surface area contributed by atoms with Crippen molar-refractivity contribution in [2.45, 2.75) is 20.4 Å². The number of anilines is 1. The summed E-state index contributed by atoms with van der Waals surface area (Å²) in [6.45, 7) is 4.75. The molecule has 0 saturated heterocycles. The largest absolute Gasteiger partial charge is 0.378 e. The van der Waals surface area contributed by atoms with Crippen LogP contribution >= 0.6 is 0 Å². The molecule has 0 saturated carbocycles. The van der Waals surface area contributed by atoms with Crippen LogP contribution in [0.1, 0.15) is 22.4 Å². The number of nitrogens with zero attached hydrogens (tertiary/aromatic N) is 3. The zero-order valence-electron chi connectivity index (χ0n) is 12.6. The Balaban J connectivity index is 2.03. The molecule has 0 amide bonds. The molecule has 4 nitrogen and oxygen atoms in total. The van der Waals surface area contributed by atoms with Crippen molar-refractivity contribution >= 4 is 16.6 Å². The Kier molecular flexibility index (Phi) is 3.71. The molecule has 0 spiro atoms. The van der Waals surface area contributed by atoms with E-state index in [1.807, 2.05) is 37.3 Å². The summed E-state index contributed by atoms with van der Waals surface area (Å²) in [7, 11) is 0. The molecular formula is C18H16N4. The summed E-state index contributed by atoms with van der Waals surface area (Å²) >= 11 is 0. The predicted molar refractivity (Wildman–Crippen MR) is 87.5 cm³/mol. The maximum atomic E-state index is 9.31. The van der Waals surface area contributed by atoms with Crippen LogP contribution in [-0.4, -0.2) is 10.2 Å². The topological polar surface area (TPSA) is 61.6 Å². The first-order valence-electron chi connectivity index (χ1n) is 7.14. The Morgan fingerprint density at radius 3 is 2.68 bits per heavy atom. The van der Waals surface area contributed by atoms with Gasteiger partial charge < -0.3 is 5.32 Å². The zero-order chi connectivity index (χ0) is 15.5. The van der Waals surface area contributed by atoms with E-state index in [9.17, 15) is 5.26 Å². The molecule has 0 aliphatic carbocycles. The number of nitriles is 1. The van der Waals surface area contributed by atoms with Crippen LogP contribution in [0.25, 0.3) is 10.9 Å². The fourth-order valence-electron chi connectivity index (χ4n) is 2.47. The van der Waals surface area contributed by atoms with Crippen LogP contribution in [-0.2, 0) is 6.54 Å². The van der Waals surface area contributed by atoms with Crippen molar-refractivity contribution in [3.63, 3.8) is 0 Å². The second-order valence-corrected chi connectivity index (χ2v) is 5.34. The molecule has 3 rings (SSSR count). The fourth-order valence-corrected chi connectivity index (χ4v) is 2.47. The molecular weight excluding hydrogens is 272 g/mol. The summed E-state index contributed by atoms with van der Waals surface area (Å²) in [5, 5.41) is 21.7. The predicted octanol–water partition coefficient (Wildman–Crippen LogP) is 3.73. The average molecular weight is 288 g/mol. The van der Waals surface area contributed by atoms with Gasteiger partial charge >= 0.3 is 0 Å². The second-order valence-electron chi connectivity index (χ2n) is 5.34. The van der Waals surface area contributed by atoms with Gasteiger partial charge in [0.05, 0.1) is 11.2 Å². The van der Waals surface area contributed by atoms with E-state index < -0.39 is 0 Å². The van der Waals surface area contributed by atoms with E-state index in [2.05, 4.69) is 40.6 Å². The van der Waals surface area contributed by atoms with Gasteiger partial charge in [0.15, 0.2) is 5.69 Å². The van der Waals surface area contributed by atoms with Crippen LogP contribution in [0.2, 0.25) is 0 Å². The maximum Gasteiger partial charge on any atom is 0.186 e. The molecule has 0 bridgehead atoms. The maximum absolute atomic E-state index is 9.31. The second kappa shape index (κ2) is 5.82. The van der Waals surface area contributed by atoms with Gasteiger partial charge in [-0.15, -0.1) is 10.2 Å². The standard InChI is InChI=1S/C18H16N4/c1-12-7-8-16-15(9-12)18(17(10-19)22-21-16)20-11-14-6-4-3-5-13(14)2/h3-9H,11H2,1-2H3,(H,20,21). The molecule has 0 radical (unpaired) electrons. The Morgan fingerprint density at radius 2 is 1.91 bits per heavy atom. The van der Waals surface area contributed by atoms with E-state index in [-0.39, 0.29) is 0 Å². The van der Waals surface area contributed by atoms with Crippen molar-refractivity contribution in [1.29, 1.82) is 5.26 Å². The summed E-state index contributed by atoms with van der Waals surface area (Å²) < 4.78 is 0. The molecule has 0 aliphatic rings. The van der Waals surface area contributed by atoms with Crippen molar-refractivity contribution in [3.8, 4) is 6.07 Å². The normalized spacial score (nSPS) is 10.4. The minimum atomic E-state index is 0.326. The first-order chi connectivity index (χ1) is 10.7. The van der Waals surface area contributed by atoms with Gasteiger partial charge in [-0.05, 0) is 37.1 Å². The lowest BCUT2D eigenvalue weighted by Crippen LogP contribution is -2.06. The number of benzene rings is 2. The van der Waals surface area contributed by atoms with Crippen LogP contribution in [0.4, 0.5) is 5.69 Å². The van der Waals surface area contributed by atoms with Crippen LogP contribution in [0, 0.1) is 25.2 Å². The molecule has 108 valence electrons. The van der Waals surface area contributed by atoms with Crippen molar-refractivity contribution in [1.82, 2.24) is 10.2 Å². The van der Waals surface area contributed by atoms with E-state index in [4.69, 9.17) is 0 Å². The van der Waals surface area contributed by atoms with Crippen molar-refractivity contribution in [2.75, 3.05) is 5.32 Å². The number of fused-ring (bicyclic) bond motifs is 1. The minimum absolute atomic E-state index is 0.326. The van der Waals surface area contributed by atoms with Gasteiger partial charge in [0.2, 0.25) is 0 Å². The highest BCUT2D eigenvalue weighted by molar-refractivity contribution is 5.93. The van der Waals surface area contributed by atoms with Crippen LogP contribution in [0.5, 0.6) is 0 Å². The Bertz CT molecular complexity index is 878. The van der Waals surface area contributed by atoms with E-state index in [1.54, 1.807) is 0 Å². The number of nitrogens with one attached hydrogen (secondary N) is 1. The smallest absolute Gasteiger partial charge is 0.186 e. The van der Waals surface area contributed by atoms with E-state index in [0.29, 0.717) is 12.2 Å². The fraction of sp³-hybridized carbons (Fsp3) is 0.167. The van der Waals surface area contributed by atoms with Gasteiger partial charge in [-0.3, -0.25) is 0 Å². The number of hydrogen-bond donors (Lipinski definition) is 1. The van der Waals surface area contributed by atoms with Gasteiger partial charge in [-0.25, -0.2) is 0 Å². The summed E-state index contributed by atoms with van der Waals surface area (Å²) in [5.74, 6) is 0. The molecule has 0 aliphatic heterocycles. The van der Waals surface area contributed by atoms with Gasteiger partial charge in [-0.2, -0.15) is 5.26 Å². The highest BCUT2D eigenvalue weighted by atomic mass is 15.1. The molecule has 2 aromatic carbocycles. The van der Waals surface area contributed by atoms with Crippen molar-refractivity contribution in [2.24, 2.45) is 0 Å². The monoisotopic (exact) mass is 288 g/mol. The summed E-state index contributed by atoms with van der Waals surface area (Å²) in [6, 6.07) is 16.3. The lowest BCUT2D eigenvalue weighted by Gasteiger charge is -2.12. The molecule has 1 N–H and O–H groups in total. The lowest BCUT2D eigenvalue weighted by atomic mass is 10.1. The number of aromatic nitrogens is 2. The van der Waals surface area contributed by atoms with Gasteiger partial charge in [0.25, 0.3) is 0 Å². The molecule has 1 aromatic heterocycles. The SMILES string of the molecule is Cc1ccc2nnc(C#N)c(NCc3ccccc3C)c2c1. The molecule has 0 atom stereocenters. The van der Waals surface area contributed by atoms with Crippen LogP contribution < -0.4 is 5.32 Å². The van der Waals surface area contributed by atoms with Crippen LogP contribution in [0.3, 0.4) is 0 Å². The first kappa shape index (κ1) is 14.0. The number of rotatable bonds is 3.